The lowest BCUT2D eigenvalue weighted by atomic mass is 9.93. The number of carbonyl (C=O) groups is 2. The molecule has 0 aromatic carbocycles. The second kappa shape index (κ2) is 6.75. The maximum Gasteiger partial charge on any atom is 0.409 e. The van der Waals surface area contributed by atoms with Crippen LogP contribution in [0.25, 0.3) is 0 Å². The highest BCUT2D eigenvalue weighted by atomic mass is 16.5. The Kier molecular flexibility index (Phi) is 5.60. The molecule has 1 saturated heterocycles. The fourth-order valence-electron chi connectivity index (χ4n) is 1.98. The number of nitrogens with zero attached hydrogens (tertiary/aromatic N) is 1. The van der Waals surface area contributed by atoms with E-state index in [0.29, 0.717) is 32.5 Å². The Balaban J connectivity index is 2.35. The van der Waals surface area contributed by atoms with Gasteiger partial charge in [0.2, 0.25) is 5.91 Å². The molecule has 0 aromatic rings. The van der Waals surface area contributed by atoms with Crippen LogP contribution in [0.2, 0.25) is 0 Å². The first-order valence-corrected chi connectivity index (χ1v) is 6.61. The molecule has 1 aliphatic heterocycles. The minimum Gasteiger partial charge on any atom is -0.453 e. The molecule has 0 saturated carbocycles. The van der Waals surface area contributed by atoms with E-state index >= 15 is 0 Å². The summed E-state index contributed by atoms with van der Waals surface area (Å²) >= 11 is 0. The fraction of sp³-hybridized carbons (Fsp3) is 0.846. The summed E-state index contributed by atoms with van der Waals surface area (Å²) in [5.74, 6) is -0.0542. The Bertz CT molecular complexity index is 323. The molecule has 19 heavy (non-hydrogen) atoms. The van der Waals surface area contributed by atoms with Crippen molar-refractivity contribution in [1.82, 2.24) is 10.2 Å². The van der Waals surface area contributed by atoms with Gasteiger partial charge in [-0.15, -0.1) is 0 Å². The van der Waals surface area contributed by atoms with Gasteiger partial charge in [0.15, 0.2) is 0 Å². The highest BCUT2D eigenvalue weighted by molar-refractivity contribution is 5.79. The van der Waals surface area contributed by atoms with Gasteiger partial charge in [0.1, 0.15) is 0 Å². The largest absolute Gasteiger partial charge is 0.453 e. The van der Waals surface area contributed by atoms with E-state index in [1.54, 1.807) is 4.90 Å². The molecule has 1 heterocycles. The molecule has 0 atom stereocenters. The van der Waals surface area contributed by atoms with Crippen LogP contribution in [0.5, 0.6) is 0 Å². The fourth-order valence-corrected chi connectivity index (χ4v) is 1.98. The maximum absolute atomic E-state index is 12.0. The van der Waals surface area contributed by atoms with Gasteiger partial charge in [0.05, 0.1) is 7.11 Å². The molecule has 2 N–H and O–H groups in total. The molecule has 0 aliphatic carbocycles. The van der Waals surface area contributed by atoms with Crippen molar-refractivity contribution in [2.24, 2.45) is 11.3 Å². The summed E-state index contributed by atoms with van der Waals surface area (Å²) in [6.07, 6.45) is 0.973. The highest BCUT2D eigenvalue weighted by Crippen LogP contribution is 2.19. The number of carbonyl (C=O) groups excluding carboxylic acids is 2. The Morgan fingerprint density at radius 2 is 1.95 bits per heavy atom. The van der Waals surface area contributed by atoms with E-state index in [1.165, 1.54) is 7.11 Å². The number of methoxy groups -OCH3 is 1. The normalized spacial score (nSPS) is 17.2. The summed E-state index contributed by atoms with van der Waals surface area (Å²) in [6, 6.07) is 0. The number of hydrogen-bond acceptors (Lipinski definition) is 4. The van der Waals surface area contributed by atoms with Crippen molar-refractivity contribution in [1.29, 1.82) is 0 Å². The Morgan fingerprint density at radius 3 is 2.42 bits per heavy atom. The van der Waals surface area contributed by atoms with Crippen molar-refractivity contribution in [3.63, 3.8) is 0 Å². The summed E-state index contributed by atoms with van der Waals surface area (Å²) in [7, 11) is 1.36. The Hall–Kier alpha value is -1.30. The number of aliphatic hydroxyl groups is 1. The second-order valence-electron chi connectivity index (χ2n) is 5.77. The SMILES string of the molecule is COC(=O)N1CCC(C(=O)NCC(C)(C)CO)CC1. The first-order chi connectivity index (χ1) is 8.89. The van der Waals surface area contributed by atoms with Crippen LogP contribution in [-0.4, -0.2) is 55.4 Å². The third-order valence-electron chi connectivity index (χ3n) is 3.47. The van der Waals surface area contributed by atoms with Crippen molar-refractivity contribution in [2.45, 2.75) is 26.7 Å². The molecule has 1 rings (SSSR count). The van der Waals surface area contributed by atoms with E-state index in [1.807, 2.05) is 13.8 Å². The predicted octanol–water partition coefficient (Wildman–Crippen LogP) is 0.599. The first-order valence-electron chi connectivity index (χ1n) is 6.61. The quantitative estimate of drug-likeness (QED) is 0.785. The van der Waals surface area contributed by atoms with Gasteiger partial charge < -0.3 is 20.1 Å². The predicted molar refractivity (Wildman–Crippen MR) is 70.6 cm³/mol. The lowest BCUT2D eigenvalue weighted by molar-refractivity contribution is -0.126. The number of amides is 2. The lowest BCUT2D eigenvalue weighted by Crippen LogP contribution is -2.45. The topological polar surface area (TPSA) is 78.9 Å². The average molecular weight is 272 g/mol. The summed E-state index contributed by atoms with van der Waals surface area (Å²) in [5.41, 5.74) is -0.303. The van der Waals surface area contributed by atoms with Crippen LogP contribution in [0.3, 0.4) is 0 Å². The lowest BCUT2D eigenvalue weighted by Gasteiger charge is -2.31. The Morgan fingerprint density at radius 1 is 1.37 bits per heavy atom. The van der Waals surface area contributed by atoms with Gasteiger partial charge in [-0.2, -0.15) is 0 Å². The molecule has 6 heteroatoms. The van der Waals surface area contributed by atoms with Crippen LogP contribution < -0.4 is 5.32 Å². The van der Waals surface area contributed by atoms with E-state index in [9.17, 15) is 9.59 Å². The zero-order valence-electron chi connectivity index (χ0n) is 11.9. The van der Waals surface area contributed by atoms with Gasteiger partial charge in [-0.3, -0.25) is 4.79 Å². The smallest absolute Gasteiger partial charge is 0.409 e. The molecule has 1 fully saturated rings. The maximum atomic E-state index is 12.0. The van der Waals surface area contributed by atoms with Crippen LogP contribution in [0, 0.1) is 11.3 Å². The highest BCUT2D eigenvalue weighted by Gasteiger charge is 2.28. The van der Waals surface area contributed by atoms with Crippen molar-refractivity contribution >= 4 is 12.0 Å². The number of rotatable bonds is 4. The molecular weight excluding hydrogens is 248 g/mol. The molecule has 0 bridgehead atoms. The van der Waals surface area contributed by atoms with Crippen molar-refractivity contribution in [3.8, 4) is 0 Å². The van der Waals surface area contributed by atoms with Crippen LogP contribution in [0.15, 0.2) is 0 Å². The van der Waals surface area contributed by atoms with Crippen molar-refractivity contribution in [3.05, 3.63) is 0 Å². The van der Waals surface area contributed by atoms with Crippen LogP contribution >= 0.6 is 0 Å². The van der Waals surface area contributed by atoms with Gasteiger partial charge >= 0.3 is 6.09 Å². The van der Waals surface area contributed by atoms with Crippen molar-refractivity contribution in [2.75, 3.05) is 33.4 Å². The van der Waals surface area contributed by atoms with E-state index < -0.39 is 0 Å². The molecule has 6 nitrogen and oxygen atoms in total. The zero-order valence-corrected chi connectivity index (χ0v) is 11.9. The summed E-state index contributed by atoms with van der Waals surface area (Å²) < 4.78 is 4.65. The summed E-state index contributed by atoms with van der Waals surface area (Å²) in [5, 5.41) is 12.0. The average Bonchev–Trinajstić information content (AvgIpc) is 2.44. The number of aliphatic hydroxyl groups excluding tert-OH is 1. The third kappa shape index (κ3) is 4.70. The number of nitrogens with one attached hydrogen (secondary N) is 1. The van der Waals surface area contributed by atoms with E-state index in [-0.39, 0.29) is 29.9 Å². The Labute approximate surface area is 114 Å². The van der Waals surface area contributed by atoms with Crippen molar-refractivity contribution < 1.29 is 19.4 Å². The zero-order chi connectivity index (χ0) is 14.5. The van der Waals surface area contributed by atoms with Gasteiger partial charge in [-0.25, -0.2) is 4.79 Å². The van der Waals surface area contributed by atoms with E-state index in [0.717, 1.165) is 0 Å². The number of hydrogen-bond donors (Lipinski definition) is 2. The number of likely N-dealkylation sites (tertiary alicyclic amines) is 1. The van der Waals surface area contributed by atoms with Crippen LogP contribution in [-0.2, 0) is 9.53 Å². The molecule has 1 aliphatic rings. The minimum absolute atomic E-state index is 0.00559. The van der Waals surface area contributed by atoms with Crippen LogP contribution in [0.1, 0.15) is 26.7 Å². The molecule has 110 valence electrons. The summed E-state index contributed by atoms with van der Waals surface area (Å²) in [4.78, 5) is 24.9. The molecule has 0 radical (unpaired) electrons. The van der Waals surface area contributed by atoms with Gasteiger partial charge in [0.25, 0.3) is 0 Å². The number of ether oxygens (including phenoxy) is 1. The van der Waals surface area contributed by atoms with Gasteiger partial charge in [0, 0.05) is 37.6 Å². The monoisotopic (exact) mass is 272 g/mol. The molecule has 0 spiro atoms. The first kappa shape index (κ1) is 15.8. The van der Waals surface area contributed by atoms with Crippen LogP contribution in [0.4, 0.5) is 4.79 Å². The second-order valence-corrected chi connectivity index (χ2v) is 5.77. The van der Waals surface area contributed by atoms with Gasteiger partial charge in [-0.1, -0.05) is 13.8 Å². The third-order valence-corrected chi connectivity index (χ3v) is 3.47. The standard InChI is InChI=1S/C13H24N2O4/c1-13(2,9-16)8-14-11(17)10-4-6-15(7-5-10)12(18)19-3/h10,16H,4-9H2,1-3H3,(H,14,17). The van der Waals surface area contributed by atoms with E-state index in [4.69, 9.17) is 5.11 Å². The molecule has 0 aromatic heterocycles. The number of piperidine rings is 1. The van der Waals surface area contributed by atoms with E-state index in [2.05, 4.69) is 10.1 Å². The minimum atomic E-state index is -0.333. The van der Waals surface area contributed by atoms with Gasteiger partial charge in [-0.05, 0) is 12.8 Å². The summed E-state index contributed by atoms with van der Waals surface area (Å²) in [6.45, 7) is 5.39. The molecular formula is C13H24N2O4. The molecule has 0 unspecified atom stereocenters. The molecule has 2 amide bonds.